The Morgan fingerprint density at radius 1 is 0.946 bits per heavy atom. The number of nitrogens with zero attached hydrogens (tertiary/aromatic N) is 7. The van der Waals surface area contributed by atoms with Gasteiger partial charge in [0.05, 0.1) is 35.2 Å². The van der Waals surface area contributed by atoms with Gasteiger partial charge in [0, 0.05) is 29.4 Å². The van der Waals surface area contributed by atoms with Gasteiger partial charge in [0.25, 0.3) is 5.56 Å². The Hall–Kier alpha value is -5.45. The number of carboxylic acids is 1. The first-order valence-electron chi connectivity index (χ1n) is 11.3. The zero-order valence-electron chi connectivity index (χ0n) is 19.2. The zero-order chi connectivity index (χ0) is 25.4. The van der Waals surface area contributed by atoms with E-state index in [1.165, 1.54) is 22.9 Å². The van der Waals surface area contributed by atoms with E-state index in [1.807, 2.05) is 30.3 Å². The minimum absolute atomic E-state index is 0.190. The molecule has 0 radical (unpaired) electrons. The quantitative estimate of drug-likeness (QED) is 0.362. The Morgan fingerprint density at radius 3 is 2.54 bits per heavy atom. The maximum absolute atomic E-state index is 12.5. The topological polar surface area (TPSA) is 144 Å². The van der Waals surface area contributed by atoms with E-state index in [0.29, 0.717) is 22.8 Å². The van der Waals surface area contributed by atoms with Gasteiger partial charge in [-0.2, -0.15) is 10.2 Å². The molecule has 0 amide bonds. The van der Waals surface area contributed by atoms with E-state index >= 15 is 0 Å². The van der Waals surface area contributed by atoms with Gasteiger partial charge in [-0.25, -0.2) is 14.2 Å². The molecule has 4 aromatic heterocycles. The third-order valence-corrected chi connectivity index (χ3v) is 5.92. The maximum atomic E-state index is 12.5. The summed E-state index contributed by atoms with van der Waals surface area (Å²) in [6, 6.07) is 19.0. The van der Waals surface area contributed by atoms with Crippen molar-refractivity contribution in [2.45, 2.75) is 6.54 Å². The molecule has 0 fully saturated rings. The van der Waals surface area contributed by atoms with Crippen molar-refractivity contribution in [3.05, 3.63) is 107 Å². The largest absolute Gasteiger partial charge is 0.478 e. The van der Waals surface area contributed by atoms with E-state index in [9.17, 15) is 9.59 Å². The Balaban J connectivity index is 1.31. The standard InChI is InChI=1S/C26H18N8O3/c35-24-8-7-21(17-9-11-27-12-10-17)31-34(24)14-16-1-6-22-20(13-16)25(30-28-22)23-15-33(32-29-23)19-4-2-18(3-5-19)26(36)37/h1-13,15H,14H2,(H,28,30)(H,36,37). The molecule has 0 saturated carbocycles. The fraction of sp³-hybridized carbons (Fsp3) is 0.0385. The molecule has 0 unspecified atom stereocenters. The van der Waals surface area contributed by atoms with Gasteiger partial charge in [0.1, 0.15) is 11.4 Å². The minimum Gasteiger partial charge on any atom is -0.478 e. The Labute approximate surface area is 208 Å². The number of aromatic amines is 1. The lowest BCUT2D eigenvalue weighted by atomic mass is 10.1. The number of nitrogens with one attached hydrogen (secondary N) is 1. The normalized spacial score (nSPS) is 11.1. The van der Waals surface area contributed by atoms with Gasteiger partial charge in [0.2, 0.25) is 0 Å². The summed E-state index contributed by atoms with van der Waals surface area (Å²) in [7, 11) is 0. The number of fused-ring (bicyclic) bond motifs is 1. The zero-order valence-corrected chi connectivity index (χ0v) is 19.2. The van der Waals surface area contributed by atoms with Gasteiger partial charge in [-0.1, -0.05) is 11.3 Å². The smallest absolute Gasteiger partial charge is 0.335 e. The Morgan fingerprint density at radius 2 is 1.76 bits per heavy atom. The van der Waals surface area contributed by atoms with Crippen LogP contribution >= 0.6 is 0 Å². The number of hydrogen-bond donors (Lipinski definition) is 2. The summed E-state index contributed by atoms with van der Waals surface area (Å²) >= 11 is 0. The fourth-order valence-electron chi connectivity index (χ4n) is 4.02. The maximum Gasteiger partial charge on any atom is 0.335 e. The summed E-state index contributed by atoms with van der Waals surface area (Å²) in [5.41, 5.74) is 5.04. The van der Waals surface area contributed by atoms with Crippen molar-refractivity contribution in [1.29, 1.82) is 0 Å². The van der Waals surface area contributed by atoms with E-state index in [0.717, 1.165) is 22.0 Å². The molecule has 0 atom stereocenters. The molecule has 0 aliphatic heterocycles. The molecule has 2 aromatic carbocycles. The first kappa shape index (κ1) is 22.0. The van der Waals surface area contributed by atoms with Crippen molar-refractivity contribution >= 4 is 16.9 Å². The van der Waals surface area contributed by atoms with Crippen LogP contribution in [-0.2, 0) is 6.54 Å². The molecule has 180 valence electrons. The number of rotatable bonds is 6. The van der Waals surface area contributed by atoms with Crippen LogP contribution in [0.4, 0.5) is 0 Å². The number of aromatic nitrogens is 8. The summed E-state index contributed by atoms with van der Waals surface area (Å²) in [4.78, 5) is 27.7. The van der Waals surface area contributed by atoms with Crippen LogP contribution in [-0.4, -0.2) is 51.0 Å². The summed E-state index contributed by atoms with van der Waals surface area (Å²) in [5, 5.41) is 30.3. The number of hydrogen-bond acceptors (Lipinski definition) is 7. The van der Waals surface area contributed by atoms with Gasteiger partial charge in [0.15, 0.2) is 0 Å². The van der Waals surface area contributed by atoms with Gasteiger partial charge >= 0.3 is 5.97 Å². The molecule has 2 N–H and O–H groups in total. The molecule has 0 spiro atoms. The van der Waals surface area contributed by atoms with Crippen LogP contribution in [0.25, 0.3) is 39.2 Å². The molecule has 11 heteroatoms. The molecule has 0 aliphatic rings. The number of H-pyrrole nitrogens is 1. The van der Waals surface area contributed by atoms with Crippen LogP contribution < -0.4 is 5.56 Å². The number of pyridine rings is 1. The van der Waals surface area contributed by atoms with Crippen molar-refractivity contribution < 1.29 is 9.90 Å². The van der Waals surface area contributed by atoms with Crippen LogP contribution in [0.1, 0.15) is 15.9 Å². The molecule has 11 nitrogen and oxygen atoms in total. The van der Waals surface area contributed by atoms with Crippen molar-refractivity contribution in [1.82, 2.24) is 40.0 Å². The molecule has 0 bridgehead atoms. The van der Waals surface area contributed by atoms with Gasteiger partial charge in [-0.15, -0.1) is 5.10 Å². The number of carbonyl (C=O) groups is 1. The van der Waals surface area contributed by atoms with Crippen LogP contribution in [0, 0.1) is 0 Å². The number of carboxylic acid groups (broad SMARTS) is 1. The highest BCUT2D eigenvalue weighted by atomic mass is 16.4. The minimum atomic E-state index is -0.994. The molecule has 37 heavy (non-hydrogen) atoms. The van der Waals surface area contributed by atoms with E-state index in [1.54, 1.807) is 41.5 Å². The summed E-state index contributed by atoms with van der Waals surface area (Å²) in [5.74, 6) is -0.994. The highest BCUT2D eigenvalue weighted by molar-refractivity contribution is 5.92. The van der Waals surface area contributed by atoms with E-state index in [4.69, 9.17) is 5.11 Å². The molecule has 0 aliphatic carbocycles. The van der Waals surface area contributed by atoms with Gasteiger partial charge in [-0.05, 0) is 60.2 Å². The lowest BCUT2D eigenvalue weighted by Crippen LogP contribution is -2.22. The third kappa shape index (κ3) is 4.25. The summed E-state index contributed by atoms with van der Waals surface area (Å²) < 4.78 is 2.98. The van der Waals surface area contributed by atoms with Crippen molar-refractivity contribution in [2.24, 2.45) is 0 Å². The van der Waals surface area contributed by atoms with Gasteiger partial charge in [-0.3, -0.25) is 14.9 Å². The summed E-state index contributed by atoms with van der Waals surface area (Å²) in [6.07, 6.45) is 5.09. The monoisotopic (exact) mass is 490 g/mol. The van der Waals surface area contributed by atoms with E-state index in [2.05, 4.69) is 30.6 Å². The second kappa shape index (κ2) is 8.96. The second-order valence-corrected chi connectivity index (χ2v) is 8.30. The fourth-order valence-corrected chi connectivity index (χ4v) is 4.02. The molecule has 6 aromatic rings. The highest BCUT2D eigenvalue weighted by Gasteiger charge is 2.14. The van der Waals surface area contributed by atoms with Crippen LogP contribution in [0.5, 0.6) is 0 Å². The Bertz CT molecular complexity index is 1800. The first-order valence-corrected chi connectivity index (χ1v) is 11.3. The Kier molecular flexibility index (Phi) is 5.34. The number of aromatic carboxylic acids is 1. The van der Waals surface area contributed by atoms with Gasteiger partial charge < -0.3 is 5.11 Å². The van der Waals surface area contributed by atoms with Crippen LogP contribution in [0.3, 0.4) is 0 Å². The second-order valence-electron chi connectivity index (χ2n) is 8.30. The summed E-state index contributed by atoms with van der Waals surface area (Å²) in [6.45, 7) is 0.279. The van der Waals surface area contributed by atoms with Crippen molar-refractivity contribution in [3.63, 3.8) is 0 Å². The highest BCUT2D eigenvalue weighted by Crippen LogP contribution is 2.26. The number of benzene rings is 2. The molecular weight excluding hydrogens is 472 g/mol. The third-order valence-electron chi connectivity index (χ3n) is 5.92. The van der Waals surface area contributed by atoms with Crippen molar-refractivity contribution in [2.75, 3.05) is 0 Å². The molecular formula is C26H18N8O3. The van der Waals surface area contributed by atoms with Crippen LogP contribution in [0.15, 0.2) is 90.1 Å². The molecule has 4 heterocycles. The van der Waals surface area contributed by atoms with Crippen molar-refractivity contribution in [3.8, 4) is 28.3 Å². The molecule has 6 rings (SSSR count). The van der Waals surface area contributed by atoms with E-state index in [-0.39, 0.29) is 17.7 Å². The predicted octanol–water partition coefficient (Wildman–Crippen LogP) is 3.18. The lowest BCUT2D eigenvalue weighted by molar-refractivity contribution is 0.0697. The molecule has 0 saturated heterocycles. The predicted molar refractivity (Wildman–Crippen MR) is 134 cm³/mol. The van der Waals surface area contributed by atoms with Crippen LogP contribution in [0.2, 0.25) is 0 Å². The first-order chi connectivity index (χ1) is 18.0. The SMILES string of the molecule is O=C(O)c1ccc(-n2cc(-c3n[nH]c4ccc(Cn5nc(-c6ccncc6)ccc5=O)cc34)nn2)cc1. The lowest BCUT2D eigenvalue weighted by Gasteiger charge is -2.08. The van der Waals surface area contributed by atoms with E-state index < -0.39 is 5.97 Å². The average Bonchev–Trinajstić information content (AvgIpc) is 3.58. The average molecular weight is 490 g/mol.